The summed E-state index contributed by atoms with van der Waals surface area (Å²) in [5.41, 5.74) is 2.15. The third kappa shape index (κ3) is 8.40. The monoisotopic (exact) mass is 415 g/mol. The van der Waals surface area contributed by atoms with Crippen molar-refractivity contribution in [2.75, 3.05) is 0 Å². The minimum Gasteiger partial charge on any atom is -0.481 e. The first-order chi connectivity index (χ1) is 14.0. The molecule has 1 aromatic heterocycles. The maximum Gasteiger partial charge on any atom is 0.306 e. The van der Waals surface area contributed by atoms with E-state index in [-0.39, 0.29) is 11.8 Å². The van der Waals surface area contributed by atoms with Crippen molar-refractivity contribution in [2.24, 2.45) is 5.92 Å². The van der Waals surface area contributed by atoms with Gasteiger partial charge in [0.2, 0.25) is 5.91 Å². The first kappa shape index (κ1) is 23.1. The number of nitrogens with one attached hydrogen (secondary N) is 1. The number of carbonyl (C=O) groups excluding carboxylic acids is 1. The number of unbranched alkanes of at least 4 members (excludes halogenated alkanes) is 5. The first-order valence-electron chi connectivity index (χ1n) is 10.7. The van der Waals surface area contributed by atoms with Gasteiger partial charge < -0.3 is 10.4 Å². The molecule has 0 spiro atoms. The van der Waals surface area contributed by atoms with Crippen LogP contribution in [0, 0.1) is 5.92 Å². The molecule has 1 unspecified atom stereocenters. The van der Waals surface area contributed by atoms with Gasteiger partial charge in [-0.25, -0.2) is 0 Å². The van der Waals surface area contributed by atoms with Gasteiger partial charge in [0.1, 0.15) is 0 Å². The molecule has 1 heterocycles. The van der Waals surface area contributed by atoms with Gasteiger partial charge in [0.05, 0.1) is 12.5 Å². The Hall–Kier alpha value is -2.14. The van der Waals surface area contributed by atoms with Gasteiger partial charge in [-0.1, -0.05) is 70.2 Å². The molecule has 158 valence electrons. The second-order valence-corrected chi connectivity index (χ2v) is 8.87. The Kier molecular flexibility index (Phi) is 9.92. The number of hydrogen-bond acceptors (Lipinski definition) is 3. The first-order valence-corrected chi connectivity index (χ1v) is 11.5. The standard InChI is InChI=1S/C24H33NO3S/c1-3-4-5-6-7-8-9-23(26)25-17-21-14-15-22(29-21)20-12-10-19(11-13-20)16-18(2)24(27)28/h10-15,18H,3-9,16-17H2,1-2H3,(H,25,26)(H,27,28). The number of thiophene rings is 1. The molecule has 0 aliphatic heterocycles. The molecule has 0 saturated heterocycles. The van der Waals surface area contributed by atoms with Gasteiger partial charge in [-0.3, -0.25) is 9.59 Å². The molecule has 1 amide bonds. The van der Waals surface area contributed by atoms with Gasteiger partial charge in [-0.15, -0.1) is 11.3 Å². The summed E-state index contributed by atoms with van der Waals surface area (Å²) in [4.78, 5) is 25.3. The topological polar surface area (TPSA) is 66.4 Å². The second kappa shape index (κ2) is 12.4. The predicted molar refractivity (Wildman–Crippen MR) is 120 cm³/mol. The lowest BCUT2D eigenvalue weighted by molar-refractivity contribution is -0.141. The van der Waals surface area contributed by atoms with Crippen LogP contribution in [0.15, 0.2) is 36.4 Å². The van der Waals surface area contributed by atoms with E-state index in [2.05, 4.69) is 24.4 Å². The van der Waals surface area contributed by atoms with Gasteiger partial charge >= 0.3 is 5.97 Å². The van der Waals surface area contributed by atoms with Crippen molar-refractivity contribution in [3.8, 4) is 10.4 Å². The number of carboxylic acids is 1. The Labute approximate surface area is 178 Å². The average molecular weight is 416 g/mol. The van der Waals surface area contributed by atoms with Gasteiger partial charge in [0, 0.05) is 16.2 Å². The molecule has 2 rings (SSSR count). The van der Waals surface area contributed by atoms with Crippen molar-refractivity contribution in [3.63, 3.8) is 0 Å². The highest BCUT2D eigenvalue weighted by molar-refractivity contribution is 7.15. The minimum atomic E-state index is -0.768. The fourth-order valence-corrected chi connectivity index (χ4v) is 4.17. The fourth-order valence-electron chi connectivity index (χ4n) is 3.21. The van der Waals surface area contributed by atoms with E-state index >= 15 is 0 Å². The van der Waals surface area contributed by atoms with Crippen LogP contribution in [0.2, 0.25) is 0 Å². The van der Waals surface area contributed by atoms with Gasteiger partial charge in [0.25, 0.3) is 0 Å². The Morgan fingerprint density at radius 1 is 1.00 bits per heavy atom. The van der Waals surface area contributed by atoms with E-state index in [1.54, 1.807) is 18.3 Å². The minimum absolute atomic E-state index is 0.132. The van der Waals surface area contributed by atoms with E-state index in [0.717, 1.165) is 33.7 Å². The van der Waals surface area contributed by atoms with E-state index < -0.39 is 5.97 Å². The third-order valence-corrected chi connectivity index (χ3v) is 6.22. The van der Waals surface area contributed by atoms with E-state index in [0.29, 0.717) is 19.4 Å². The maximum absolute atomic E-state index is 12.0. The Morgan fingerprint density at radius 3 is 2.38 bits per heavy atom. The molecule has 0 radical (unpaired) electrons. The Morgan fingerprint density at radius 2 is 1.69 bits per heavy atom. The summed E-state index contributed by atoms with van der Waals surface area (Å²) >= 11 is 1.68. The van der Waals surface area contributed by atoms with Crippen LogP contribution < -0.4 is 5.32 Å². The summed E-state index contributed by atoms with van der Waals surface area (Å²) in [6.45, 7) is 4.51. The Bertz CT molecular complexity index is 767. The highest BCUT2D eigenvalue weighted by Crippen LogP contribution is 2.28. The molecule has 0 aliphatic carbocycles. The van der Waals surface area contributed by atoms with Crippen molar-refractivity contribution in [3.05, 3.63) is 46.8 Å². The number of carbonyl (C=O) groups is 2. The van der Waals surface area contributed by atoms with Gasteiger partial charge in [-0.05, 0) is 36.1 Å². The molecule has 0 bridgehead atoms. The van der Waals surface area contributed by atoms with Crippen LogP contribution in [0.1, 0.15) is 69.2 Å². The van der Waals surface area contributed by atoms with Gasteiger partial charge in [-0.2, -0.15) is 0 Å². The zero-order valence-corrected chi connectivity index (χ0v) is 18.4. The molecule has 0 aliphatic rings. The number of rotatable bonds is 13. The SMILES string of the molecule is CCCCCCCCC(=O)NCc1ccc(-c2ccc(CC(C)C(=O)O)cc2)s1. The van der Waals surface area contributed by atoms with Crippen molar-refractivity contribution in [1.29, 1.82) is 0 Å². The zero-order valence-electron chi connectivity index (χ0n) is 17.6. The largest absolute Gasteiger partial charge is 0.481 e. The average Bonchev–Trinajstić information content (AvgIpc) is 3.18. The number of carboxylic acid groups (broad SMARTS) is 1. The summed E-state index contributed by atoms with van der Waals surface area (Å²) < 4.78 is 0. The quantitative estimate of drug-likeness (QED) is 0.392. The highest BCUT2D eigenvalue weighted by atomic mass is 32.1. The normalized spacial score (nSPS) is 11.9. The second-order valence-electron chi connectivity index (χ2n) is 7.70. The van der Waals surface area contributed by atoms with Crippen LogP contribution in [0.25, 0.3) is 10.4 Å². The lowest BCUT2D eigenvalue weighted by atomic mass is 10.00. The molecular formula is C24H33NO3S. The van der Waals surface area contributed by atoms with E-state index in [4.69, 9.17) is 5.11 Å². The lowest BCUT2D eigenvalue weighted by Crippen LogP contribution is -2.21. The maximum atomic E-state index is 12.0. The number of amides is 1. The summed E-state index contributed by atoms with van der Waals surface area (Å²) in [6, 6.07) is 12.2. The summed E-state index contributed by atoms with van der Waals surface area (Å²) in [5, 5.41) is 12.1. The smallest absolute Gasteiger partial charge is 0.306 e. The molecule has 1 atom stereocenters. The molecule has 5 heteroatoms. The van der Waals surface area contributed by atoms with Crippen LogP contribution in [0.5, 0.6) is 0 Å². The molecule has 1 aromatic carbocycles. The van der Waals surface area contributed by atoms with Gasteiger partial charge in [0.15, 0.2) is 0 Å². The van der Waals surface area contributed by atoms with Crippen LogP contribution in [0.3, 0.4) is 0 Å². The lowest BCUT2D eigenvalue weighted by Gasteiger charge is -2.07. The van der Waals surface area contributed by atoms with Crippen molar-refractivity contribution in [1.82, 2.24) is 5.32 Å². The van der Waals surface area contributed by atoms with Crippen molar-refractivity contribution >= 4 is 23.2 Å². The fraction of sp³-hybridized carbons (Fsp3) is 0.500. The molecule has 0 fully saturated rings. The number of aliphatic carboxylic acids is 1. The third-order valence-electron chi connectivity index (χ3n) is 5.08. The van der Waals surface area contributed by atoms with Crippen molar-refractivity contribution < 1.29 is 14.7 Å². The highest BCUT2D eigenvalue weighted by Gasteiger charge is 2.12. The Balaban J connectivity index is 1.76. The zero-order chi connectivity index (χ0) is 21.1. The summed E-state index contributed by atoms with van der Waals surface area (Å²) in [7, 11) is 0. The molecule has 2 aromatic rings. The van der Waals surface area contributed by atoms with Crippen LogP contribution in [0.4, 0.5) is 0 Å². The summed E-state index contributed by atoms with van der Waals surface area (Å²) in [6.07, 6.45) is 8.29. The molecule has 4 nitrogen and oxygen atoms in total. The summed E-state index contributed by atoms with van der Waals surface area (Å²) in [5.74, 6) is -1.02. The number of benzene rings is 1. The molecule has 0 saturated carbocycles. The van der Waals surface area contributed by atoms with Crippen molar-refractivity contribution in [2.45, 2.75) is 71.8 Å². The molecule has 2 N–H and O–H groups in total. The molecular weight excluding hydrogens is 382 g/mol. The van der Waals surface area contributed by atoms with Crippen LogP contribution in [-0.2, 0) is 22.6 Å². The number of hydrogen-bond donors (Lipinski definition) is 2. The van der Waals surface area contributed by atoms with Crippen LogP contribution in [-0.4, -0.2) is 17.0 Å². The van der Waals surface area contributed by atoms with Crippen LogP contribution >= 0.6 is 11.3 Å². The van der Waals surface area contributed by atoms with E-state index in [1.165, 1.54) is 25.7 Å². The van der Waals surface area contributed by atoms with E-state index in [1.807, 2.05) is 24.3 Å². The molecule has 29 heavy (non-hydrogen) atoms. The predicted octanol–water partition coefficient (Wildman–Crippen LogP) is 6.05. The van der Waals surface area contributed by atoms with E-state index in [9.17, 15) is 9.59 Å².